The largest absolute Gasteiger partial charge is 0.325 e. The Morgan fingerprint density at radius 1 is 1.13 bits per heavy atom. The standard InChI is InChI=1S/C23H20ClN3O2S/c1-14(2)15-3-5-16(6-4-15)19-12-30-22-21(19)23(29)27(13-25-22)11-20(28)26-18-9-7-17(24)8-10-18/h3-10,12-14H,11H2,1-2H3,(H,26,28). The maximum atomic E-state index is 13.1. The molecule has 30 heavy (non-hydrogen) atoms. The van der Waals surface area contributed by atoms with Crippen LogP contribution >= 0.6 is 22.9 Å². The summed E-state index contributed by atoms with van der Waals surface area (Å²) in [4.78, 5) is 30.6. The van der Waals surface area contributed by atoms with E-state index in [1.807, 2.05) is 17.5 Å². The van der Waals surface area contributed by atoms with E-state index in [-0.39, 0.29) is 18.0 Å². The van der Waals surface area contributed by atoms with E-state index in [9.17, 15) is 9.59 Å². The van der Waals surface area contributed by atoms with Gasteiger partial charge in [0, 0.05) is 21.7 Å². The molecule has 5 nitrogen and oxygen atoms in total. The molecule has 7 heteroatoms. The molecular weight excluding hydrogens is 418 g/mol. The van der Waals surface area contributed by atoms with Crippen LogP contribution in [-0.4, -0.2) is 15.5 Å². The normalized spacial score (nSPS) is 11.2. The van der Waals surface area contributed by atoms with Gasteiger partial charge in [-0.25, -0.2) is 4.98 Å². The van der Waals surface area contributed by atoms with Gasteiger partial charge in [-0.1, -0.05) is 49.7 Å². The van der Waals surface area contributed by atoms with Crippen molar-refractivity contribution in [2.45, 2.75) is 26.3 Å². The van der Waals surface area contributed by atoms with E-state index in [2.05, 4.69) is 36.3 Å². The molecule has 152 valence electrons. The first kappa shape index (κ1) is 20.3. The lowest BCUT2D eigenvalue weighted by Gasteiger charge is -2.09. The highest BCUT2D eigenvalue weighted by molar-refractivity contribution is 7.17. The van der Waals surface area contributed by atoms with Crippen LogP contribution in [0.15, 0.2) is 65.0 Å². The van der Waals surface area contributed by atoms with Crippen molar-refractivity contribution in [1.82, 2.24) is 9.55 Å². The third-order valence-corrected chi connectivity index (χ3v) is 6.03. The number of rotatable bonds is 5. The summed E-state index contributed by atoms with van der Waals surface area (Å²) in [7, 11) is 0. The molecule has 0 aliphatic rings. The van der Waals surface area contributed by atoms with Crippen LogP contribution < -0.4 is 10.9 Å². The molecular formula is C23H20ClN3O2S. The molecule has 0 atom stereocenters. The van der Waals surface area contributed by atoms with Gasteiger partial charge >= 0.3 is 0 Å². The molecule has 0 unspecified atom stereocenters. The molecule has 0 radical (unpaired) electrons. The number of hydrogen-bond donors (Lipinski definition) is 1. The third-order valence-electron chi connectivity index (χ3n) is 4.89. The van der Waals surface area contributed by atoms with E-state index in [1.54, 1.807) is 24.3 Å². The molecule has 0 aliphatic carbocycles. The first-order valence-corrected chi connectivity index (χ1v) is 10.8. The van der Waals surface area contributed by atoms with Gasteiger partial charge in [0.05, 0.1) is 11.7 Å². The number of carbonyl (C=O) groups excluding carboxylic acids is 1. The molecule has 0 spiro atoms. The van der Waals surface area contributed by atoms with Crippen LogP contribution in [0.5, 0.6) is 0 Å². The van der Waals surface area contributed by atoms with Crippen molar-refractivity contribution in [1.29, 1.82) is 0 Å². The minimum atomic E-state index is -0.307. The topological polar surface area (TPSA) is 64.0 Å². The van der Waals surface area contributed by atoms with Gasteiger partial charge in [-0.05, 0) is 41.3 Å². The number of thiophene rings is 1. The van der Waals surface area contributed by atoms with Crippen molar-refractivity contribution in [3.63, 3.8) is 0 Å². The van der Waals surface area contributed by atoms with Gasteiger partial charge in [-0.3, -0.25) is 14.2 Å². The van der Waals surface area contributed by atoms with Crippen molar-refractivity contribution in [2.75, 3.05) is 5.32 Å². The van der Waals surface area contributed by atoms with Crippen molar-refractivity contribution < 1.29 is 4.79 Å². The third kappa shape index (κ3) is 4.15. The monoisotopic (exact) mass is 437 g/mol. The molecule has 4 rings (SSSR count). The summed E-state index contributed by atoms with van der Waals surface area (Å²) < 4.78 is 1.34. The fourth-order valence-corrected chi connectivity index (χ4v) is 4.26. The number of amides is 1. The number of nitrogens with one attached hydrogen (secondary N) is 1. The Kier molecular flexibility index (Phi) is 5.70. The van der Waals surface area contributed by atoms with Gasteiger partial charge in [0.25, 0.3) is 5.56 Å². The van der Waals surface area contributed by atoms with Crippen LogP contribution in [0.3, 0.4) is 0 Å². The Morgan fingerprint density at radius 3 is 2.50 bits per heavy atom. The lowest BCUT2D eigenvalue weighted by molar-refractivity contribution is -0.116. The summed E-state index contributed by atoms with van der Waals surface area (Å²) in [5.41, 5.74) is 3.44. The van der Waals surface area contributed by atoms with E-state index in [1.165, 1.54) is 27.8 Å². The van der Waals surface area contributed by atoms with Crippen molar-refractivity contribution >= 4 is 44.7 Å². The fraction of sp³-hybridized carbons (Fsp3) is 0.174. The molecule has 2 aromatic carbocycles. The Morgan fingerprint density at radius 2 is 1.83 bits per heavy atom. The van der Waals surface area contributed by atoms with Gasteiger partial charge in [-0.2, -0.15) is 0 Å². The molecule has 1 amide bonds. The zero-order valence-corrected chi connectivity index (χ0v) is 18.1. The highest BCUT2D eigenvalue weighted by atomic mass is 35.5. The first-order chi connectivity index (χ1) is 14.4. The number of aromatic nitrogens is 2. The van der Waals surface area contributed by atoms with Gasteiger partial charge in [-0.15, -0.1) is 11.3 Å². The van der Waals surface area contributed by atoms with Crippen LogP contribution in [0.25, 0.3) is 21.3 Å². The molecule has 0 fully saturated rings. The van der Waals surface area contributed by atoms with E-state index >= 15 is 0 Å². The van der Waals surface area contributed by atoms with Gasteiger partial charge < -0.3 is 5.32 Å². The van der Waals surface area contributed by atoms with Crippen LogP contribution in [0.4, 0.5) is 5.69 Å². The van der Waals surface area contributed by atoms with Gasteiger partial charge in [0.1, 0.15) is 11.4 Å². The summed E-state index contributed by atoms with van der Waals surface area (Å²) in [5.74, 6) is 0.134. The number of benzene rings is 2. The van der Waals surface area contributed by atoms with E-state index in [0.29, 0.717) is 26.8 Å². The number of anilines is 1. The van der Waals surface area contributed by atoms with Crippen molar-refractivity contribution in [3.05, 3.63) is 81.2 Å². The Hall–Kier alpha value is -2.96. The predicted octanol–water partition coefficient (Wildman–Crippen LogP) is 5.54. The highest BCUT2D eigenvalue weighted by Crippen LogP contribution is 2.31. The average Bonchev–Trinajstić information content (AvgIpc) is 3.17. The van der Waals surface area contributed by atoms with Crippen LogP contribution in [-0.2, 0) is 11.3 Å². The predicted molar refractivity (Wildman–Crippen MR) is 123 cm³/mol. The average molecular weight is 438 g/mol. The van der Waals surface area contributed by atoms with Crippen LogP contribution in [0.1, 0.15) is 25.3 Å². The molecule has 0 saturated heterocycles. The minimum Gasteiger partial charge on any atom is -0.325 e. The number of fused-ring (bicyclic) bond motifs is 1. The summed E-state index contributed by atoms with van der Waals surface area (Å²) in [6, 6.07) is 15.0. The summed E-state index contributed by atoms with van der Waals surface area (Å²) in [5, 5.41) is 5.84. The summed E-state index contributed by atoms with van der Waals surface area (Å²) >= 11 is 7.29. The Bertz CT molecular complexity index is 1260. The fourth-order valence-electron chi connectivity index (χ4n) is 3.23. The number of halogens is 1. The number of hydrogen-bond acceptors (Lipinski definition) is 4. The molecule has 1 N–H and O–H groups in total. The smallest absolute Gasteiger partial charge is 0.263 e. The highest BCUT2D eigenvalue weighted by Gasteiger charge is 2.15. The molecule has 0 aliphatic heterocycles. The molecule has 0 saturated carbocycles. The van der Waals surface area contributed by atoms with E-state index < -0.39 is 0 Å². The van der Waals surface area contributed by atoms with Crippen LogP contribution in [0, 0.1) is 0 Å². The number of nitrogens with zero attached hydrogens (tertiary/aromatic N) is 2. The molecule has 2 heterocycles. The first-order valence-electron chi connectivity index (χ1n) is 9.55. The maximum Gasteiger partial charge on any atom is 0.263 e. The van der Waals surface area contributed by atoms with E-state index in [0.717, 1.165) is 11.1 Å². The zero-order chi connectivity index (χ0) is 21.3. The SMILES string of the molecule is CC(C)c1ccc(-c2csc3ncn(CC(=O)Nc4ccc(Cl)cc4)c(=O)c23)cc1. The summed E-state index contributed by atoms with van der Waals surface area (Å²) in [6.07, 6.45) is 1.42. The maximum absolute atomic E-state index is 13.1. The van der Waals surface area contributed by atoms with Crippen LogP contribution in [0.2, 0.25) is 5.02 Å². The molecule has 4 aromatic rings. The Labute approximate surface area is 183 Å². The molecule has 2 aromatic heterocycles. The minimum absolute atomic E-state index is 0.119. The quantitative estimate of drug-likeness (QED) is 0.445. The second-order valence-corrected chi connectivity index (χ2v) is 8.63. The lowest BCUT2D eigenvalue weighted by atomic mass is 9.99. The second kappa shape index (κ2) is 8.42. The van der Waals surface area contributed by atoms with Crippen molar-refractivity contribution in [3.8, 4) is 11.1 Å². The Balaban J connectivity index is 1.63. The zero-order valence-electron chi connectivity index (χ0n) is 16.6. The second-order valence-electron chi connectivity index (χ2n) is 7.34. The lowest BCUT2D eigenvalue weighted by Crippen LogP contribution is -2.27. The van der Waals surface area contributed by atoms with Gasteiger partial charge in [0.15, 0.2) is 0 Å². The van der Waals surface area contributed by atoms with Gasteiger partial charge in [0.2, 0.25) is 5.91 Å². The van der Waals surface area contributed by atoms with E-state index in [4.69, 9.17) is 11.6 Å². The van der Waals surface area contributed by atoms with Crippen molar-refractivity contribution in [2.24, 2.45) is 0 Å². The number of carbonyl (C=O) groups is 1. The molecule has 0 bridgehead atoms. The summed E-state index contributed by atoms with van der Waals surface area (Å²) in [6.45, 7) is 4.17.